The molecule has 14 rings (SSSR count). The summed E-state index contributed by atoms with van der Waals surface area (Å²) in [6.45, 7) is -0.433. The first kappa shape index (κ1) is 56.7. The molecule has 2 spiro atoms. The van der Waals surface area contributed by atoms with Crippen molar-refractivity contribution in [2.45, 2.75) is 102 Å². The number of pyridine rings is 2. The third-order valence-corrected chi connectivity index (χ3v) is 18.4. The first-order valence-corrected chi connectivity index (χ1v) is 29.5. The molecule has 4 aliphatic carbocycles. The van der Waals surface area contributed by atoms with Crippen LogP contribution in [0.2, 0.25) is 0 Å². The molecule has 4 aromatic heterocycles. The Morgan fingerprint density at radius 1 is 0.483 bits per heavy atom. The maximum absolute atomic E-state index is 16.4. The van der Waals surface area contributed by atoms with Gasteiger partial charge in [-0.2, -0.15) is 10.5 Å². The minimum Gasteiger partial charge on any atom is -0.473 e. The molecule has 19 heteroatoms. The average molecular weight is 1200 g/mol. The number of benzene rings is 6. The number of esters is 2. The van der Waals surface area contributed by atoms with E-state index in [9.17, 15) is 18.4 Å². The third-order valence-electron chi connectivity index (χ3n) is 18.4. The van der Waals surface area contributed by atoms with Gasteiger partial charge in [0, 0.05) is 59.3 Å². The van der Waals surface area contributed by atoms with Crippen LogP contribution < -0.4 is 9.47 Å². The lowest BCUT2D eigenvalue weighted by molar-refractivity contribution is 0.0397. The summed E-state index contributed by atoms with van der Waals surface area (Å²) in [5.41, 5.74) is 3.06. The Morgan fingerprint density at radius 2 is 0.910 bits per heavy atom. The Morgan fingerprint density at radius 3 is 1.31 bits per heavy atom. The van der Waals surface area contributed by atoms with Gasteiger partial charge in [0.2, 0.25) is 11.8 Å². The summed E-state index contributed by atoms with van der Waals surface area (Å²) in [4.78, 5) is 47.0. The second-order valence-electron chi connectivity index (χ2n) is 23.8. The SMILES string of the molecule is N#Cc1ccc(COc2cccc(-c3cc(F)c(Cc4nc5ccc(C(=O)OC(=O)c6ccc7nc(Cc8cc(F)c(-c9cccc(OCc%10ccc(C#N)cc%10F)n9)cc8F)n(C8CCCC89CC9)c7c6)cc5n4C4CCCC45CC5)cc3F)n2)c(F)c1. The molecule has 0 amide bonds. The van der Waals surface area contributed by atoms with E-state index in [0.717, 1.165) is 101 Å². The number of hydrogen-bond acceptors (Lipinski definition) is 11. The van der Waals surface area contributed by atoms with Crippen LogP contribution in [0.15, 0.2) is 133 Å². The molecule has 13 nitrogen and oxygen atoms in total. The maximum Gasteiger partial charge on any atom is 0.346 e. The molecule has 4 heterocycles. The summed E-state index contributed by atoms with van der Waals surface area (Å²) >= 11 is 0. The lowest BCUT2D eigenvalue weighted by atomic mass is 9.99. The maximum atomic E-state index is 16.4. The van der Waals surface area contributed by atoms with Crippen LogP contribution in [-0.4, -0.2) is 41.0 Å². The molecule has 89 heavy (non-hydrogen) atoms. The molecule has 6 aromatic carbocycles. The minimum atomic E-state index is -0.914. The van der Waals surface area contributed by atoms with E-state index in [1.165, 1.54) is 60.7 Å². The summed E-state index contributed by atoms with van der Waals surface area (Å²) in [5, 5.41) is 18.2. The number of nitriles is 2. The molecule has 4 fully saturated rings. The highest BCUT2D eigenvalue weighted by Crippen LogP contribution is 2.65. The number of aromatic nitrogens is 6. The molecule has 0 aliphatic heterocycles. The number of ether oxygens (including phenoxy) is 3. The molecule has 4 saturated carbocycles. The van der Waals surface area contributed by atoms with Gasteiger partial charge in [0.25, 0.3) is 0 Å². The monoisotopic (exact) mass is 1200 g/mol. The molecule has 0 bridgehead atoms. The van der Waals surface area contributed by atoms with Crippen LogP contribution in [0, 0.1) is 68.4 Å². The van der Waals surface area contributed by atoms with E-state index in [0.29, 0.717) is 33.7 Å². The molecule has 4 aliphatic rings. The number of nitrogens with zero attached hydrogens (tertiary/aromatic N) is 8. The summed E-state index contributed by atoms with van der Waals surface area (Å²) in [5.74, 6) is -4.91. The molecule has 10 aromatic rings. The summed E-state index contributed by atoms with van der Waals surface area (Å²) in [7, 11) is 0. The summed E-state index contributed by atoms with van der Waals surface area (Å²) in [6.07, 6.45) is 9.25. The van der Waals surface area contributed by atoms with Gasteiger partial charge in [-0.05, 0) is 170 Å². The van der Waals surface area contributed by atoms with Gasteiger partial charge in [0.15, 0.2) is 0 Å². The van der Waals surface area contributed by atoms with Gasteiger partial charge in [-0.15, -0.1) is 0 Å². The molecule has 0 N–H and O–H groups in total. The van der Waals surface area contributed by atoms with Crippen molar-refractivity contribution in [1.29, 1.82) is 10.5 Å². The van der Waals surface area contributed by atoms with Crippen LogP contribution in [0.1, 0.15) is 142 Å². The predicted octanol–water partition coefficient (Wildman–Crippen LogP) is 15.4. The molecule has 2 atom stereocenters. The first-order chi connectivity index (χ1) is 43.1. The van der Waals surface area contributed by atoms with Crippen LogP contribution >= 0.6 is 0 Å². The van der Waals surface area contributed by atoms with E-state index < -0.39 is 46.8 Å². The summed E-state index contributed by atoms with van der Waals surface area (Å²) in [6, 6.07) is 34.8. The Kier molecular flexibility index (Phi) is 14.3. The minimum absolute atomic E-state index is 0.00629. The highest BCUT2D eigenvalue weighted by molar-refractivity contribution is 6.05. The van der Waals surface area contributed by atoms with E-state index in [-0.39, 0.29) is 128 Å². The zero-order valence-corrected chi connectivity index (χ0v) is 47.6. The third kappa shape index (κ3) is 10.8. The molecule has 0 saturated heterocycles. The lowest BCUT2D eigenvalue weighted by Crippen LogP contribution is -2.19. The second kappa shape index (κ2) is 22.5. The van der Waals surface area contributed by atoms with Crippen LogP contribution in [0.25, 0.3) is 44.6 Å². The highest BCUT2D eigenvalue weighted by Gasteiger charge is 2.54. The Hall–Kier alpha value is -10.1. The Labute approximate surface area is 505 Å². The van der Waals surface area contributed by atoms with Crippen LogP contribution in [0.3, 0.4) is 0 Å². The van der Waals surface area contributed by atoms with E-state index in [4.69, 9.17) is 34.7 Å². The van der Waals surface area contributed by atoms with Crippen molar-refractivity contribution >= 4 is 34.0 Å². The fourth-order valence-electron chi connectivity index (χ4n) is 13.5. The van der Waals surface area contributed by atoms with E-state index in [2.05, 4.69) is 9.97 Å². The molecule has 444 valence electrons. The highest BCUT2D eigenvalue weighted by atomic mass is 19.1. The lowest BCUT2D eigenvalue weighted by Gasteiger charge is -2.24. The van der Waals surface area contributed by atoms with Crippen molar-refractivity contribution < 1.29 is 50.1 Å². The standard InChI is InChI=1S/C70H52F6N8O5/c71-49-25-39(35-77)11-13-43(49)37-87-65-9-1-5-55(81-65)47-33-51(73)45(27-53(47)75)31-63-79-57-17-15-41(29-59(57)83(63)61-7-3-19-69(61)21-22-69)67(85)89-68(86)42-16-18-58-60(30-42)84(62-8-4-20-70(62)23-24-70)64(80-58)32-46-28-54(76)48(34-52(46)74)56-6-2-10-66(82-56)88-38-44-14-12-40(36-78)26-50(44)72/h1-2,5-6,9-18,25-30,33-34,61-62H,3-4,7-8,19-24,31-32,37-38H2. The van der Waals surface area contributed by atoms with Gasteiger partial charge < -0.3 is 23.3 Å². The van der Waals surface area contributed by atoms with Gasteiger partial charge in [0.1, 0.15) is 59.8 Å². The quantitative estimate of drug-likeness (QED) is 0.0512. The van der Waals surface area contributed by atoms with Crippen molar-refractivity contribution in [3.05, 3.63) is 225 Å². The topological polar surface area (TPSA) is 171 Å². The normalized spacial score (nSPS) is 16.9. The van der Waals surface area contributed by atoms with Crippen molar-refractivity contribution in [3.8, 4) is 46.4 Å². The zero-order chi connectivity index (χ0) is 61.3. The van der Waals surface area contributed by atoms with Crippen molar-refractivity contribution in [2.75, 3.05) is 0 Å². The number of fused-ring (bicyclic) bond motifs is 2. The van der Waals surface area contributed by atoms with Crippen LogP contribution in [0.5, 0.6) is 11.8 Å². The van der Waals surface area contributed by atoms with Gasteiger partial charge in [0.05, 0.1) is 67.8 Å². The Balaban J connectivity index is 0.709. The Bertz CT molecular complexity index is 4360. The number of carbonyl (C=O) groups is 2. The first-order valence-electron chi connectivity index (χ1n) is 29.5. The number of rotatable bonds is 16. The number of carbonyl (C=O) groups excluding carboxylic acids is 2. The zero-order valence-electron chi connectivity index (χ0n) is 47.6. The molecule has 2 unspecified atom stereocenters. The van der Waals surface area contributed by atoms with Crippen LogP contribution in [0.4, 0.5) is 26.3 Å². The fourth-order valence-corrected chi connectivity index (χ4v) is 13.5. The van der Waals surface area contributed by atoms with Crippen LogP contribution in [-0.2, 0) is 30.8 Å². The smallest absolute Gasteiger partial charge is 0.346 e. The van der Waals surface area contributed by atoms with Crippen molar-refractivity contribution in [1.82, 2.24) is 29.1 Å². The molecule has 0 radical (unpaired) electrons. The fraction of sp³-hybridized carbons (Fsp3) is 0.257. The van der Waals surface area contributed by atoms with E-state index in [1.807, 2.05) is 21.3 Å². The molecular weight excluding hydrogens is 1150 g/mol. The van der Waals surface area contributed by atoms with Gasteiger partial charge in [-0.1, -0.05) is 37.1 Å². The largest absolute Gasteiger partial charge is 0.473 e. The predicted molar refractivity (Wildman–Crippen MR) is 314 cm³/mol. The molecular formula is C70H52F6N8O5. The number of halogens is 6. The van der Waals surface area contributed by atoms with E-state index >= 15 is 17.6 Å². The second-order valence-corrected chi connectivity index (χ2v) is 23.8. The number of hydrogen-bond donors (Lipinski definition) is 0. The average Bonchev–Trinajstić information content (AvgIpc) is 1.60. The van der Waals surface area contributed by atoms with Gasteiger partial charge >= 0.3 is 11.9 Å². The van der Waals surface area contributed by atoms with Crippen molar-refractivity contribution in [3.63, 3.8) is 0 Å². The number of imidazole rings is 2. The van der Waals surface area contributed by atoms with Gasteiger partial charge in [-0.3, -0.25) is 0 Å². The van der Waals surface area contributed by atoms with E-state index in [1.54, 1.807) is 36.4 Å². The summed E-state index contributed by atoms with van der Waals surface area (Å²) < 4.78 is 115. The van der Waals surface area contributed by atoms with Crippen molar-refractivity contribution in [2.24, 2.45) is 10.8 Å². The van der Waals surface area contributed by atoms with Gasteiger partial charge in [-0.25, -0.2) is 55.9 Å².